The fraction of sp³-hybridized carbons (Fsp3) is 0.875. The molecular formula is C8H14ClNO2. The number of hydrogen-bond acceptors (Lipinski definition) is 2. The van der Waals surface area contributed by atoms with Gasteiger partial charge < -0.3 is 10.4 Å². The highest BCUT2D eigenvalue weighted by molar-refractivity contribution is 5.85. The van der Waals surface area contributed by atoms with Crippen molar-refractivity contribution in [2.75, 3.05) is 6.54 Å². The van der Waals surface area contributed by atoms with Gasteiger partial charge in [-0.2, -0.15) is 0 Å². The van der Waals surface area contributed by atoms with Crippen molar-refractivity contribution >= 4 is 18.4 Å². The van der Waals surface area contributed by atoms with E-state index in [1.54, 1.807) is 0 Å². The standard InChI is InChI=1S/C8H13NO2.ClH/c10-7(11)6-8(5-9-6)3-1-2-4-8;/h6,9H,1-5H2,(H,10,11);1H. The van der Waals surface area contributed by atoms with Crippen LogP contribution in [-0.4, -0.2) is 23.7 Å². The van der Waals surface area contributed by atoms with Gasteiger partial charge in [0.15, 0.2) is 0 Å². The van der Waals surface area contributed by atoms with Gasteiger partial charge in [-0.3, -0.25) is 4.79 Å². The van der Waals surface area contributed by atoms with Gasteiger partial charge in [0.05, 0.1) is 0 Å². The number of halogens is 1. The smallest absolute Gasteiger partial charge is 0.321 e. The van der Waals surface area contributed by atoms with Crippen molar-refractivity contribution in [2.45, 2.75) is 31.7 Å². The lowest BCUT2D eigenvalue weighted by Crippen LogP contribution is -2.64. The molecule has 2 N–H and O–H groups in total. The predicted molar refractivity (Wildman–Crippen MR) is 47.6 cm³/mol. The van der Waals surface area contributed by atoms with Gasteiger partial charge in [0.2, 0.25) is 0 Å². The molecule has 1 unspecified atom stereocenters. The van der Waals surface area contributed by atoms with Crippen LogP contribution < -0.4 is 5.32 Å². The Balaban J connectivity index is 0.000000720. The summed E-state index contributed by atoms with van der Waals surface area (Å²) in [5.41, 5.74) is 0.145. The largest absolute Gasteiger partial charge is 0.480 e. The SMILES string of the molecule is Cl.O=C(O)C1NCC12CCCC2. The summed E-state index contributed by atoms with van der Waals surface area (Å²) in [5.74, 6) is -0.668. The molecule has 1 heterocycles. The van der Waals surface area contributed by atoms with Crippen molar-refractivity contribution in [3.8, 4) is 0 Å². The van der Waals surface area contributed by atoms with Crippen molar-refractivity contribution in [1.29, 1.82) is 0 Å². The second kappa shape index (κ2) is 3.23. The van der Waals surface area contributed by atoms with Gasteiger partial charge in [-0.1, -0.05) is 12.8 Å². The Hall–Kier alpha value is -0.280. The molecule has 1 saturated carbocycles. The van der Waals surface area contributed by atoms with E-state index >= 15 is 0 Å². The van der Waals surface area contributed by atoms with E-state index in [0.717, 1.165) is 19.4 Å². The minimum Gasteiger partial charge on any atom is -0.480 e. The zero-order valence-corrected chi connectivity index (χ0v) is 7.69. The summed E-state index contributed by atoms with van der Waals surface area (Å²) in [5, 5.41) is 11.8. The zero-order valence-electron chi connectivity index (χ0n) is 6.88. The van der Waals surface area contributed by atoms with E-state index in [1.165, 1.54) is 12.8 Å². The highest BCUT2D eigenvalue weighted by atomic mass is 35.5. The first kappa shape index (κ1) is 9.81. The van der Waals surface area contributed by atoms with Gasteiger partial charge in [0.25, 0.3) is 0 Å². The molecule has 1 saturated heterocycles. The van der Waals surface area contributed by atoms with Crippen molar-refractivity contribution in [3.05, 3.63) is 0 Å². The molecule has 3 nitrogen and oxygen atoms in total. The summed E-state index contributed by atoms with van der Waals surface area (Å²) in [7, 11) is 0. The molecule has 0 aromatic rings. The molecule has 0 bridgehead atoms. The Morgan fingerprint density at radius 3 is 2.33 bits per heavy atom. The Kier molecular flexibility index (Phi) is 2.64. The fourth-order valence-electron chi connectivity index (χ4n) is 2.39. The molecule has 1 aliphatic heterocycles. The molecule has 4 heteroatoms. The van der Waals surface area contributed by atoms with E-state index in [9.17, 15) is 4.79 Å². The second-order valence-corrected chi connectivity index (χ2v) is 3.72. The lowest BCUT2D eigenvalue weighted by atomic mass is 9.72. The Bertz CT molecular complexity index is 189. The molecule has 2 aliphatic rings. The van der Waals surface area contributed by atoms with Crippen molar-refractivity contribution in [3.63, 3.8) is 0 Å². The van der Waals surface area contributed by atoms with Crippen molar-refractivity contribution in [1.82, 2.24) is 5.32 Å². The van der Waals surface area contributed by atoms with Gasteiger partial charge in [0.1, 0.15) is 6.04 Å². The first-order valence-electron chi connectivity index (χ1n) is 4.21. The van der Waals surface area contributed by atoms with E-state index in [-0.39, 0.29) is 23.9 Å². The first-order valence-corrected chi connectivity index (χ1v) is 4.21. The van der Waals surface area contributed by atoms with E-state index in [1.807, 2.05) is 0 Å². The molecule has 1 aliphatic carbocycles. The fourth-order valence-corrected chi connectivity index (χ4v) is 2.39. The molecule has 0 aromatic carbocycles. The lowest BCUT2D eigenvalue weighted by Gasteiger charge is -2.45. The number of carboxylic acids is 1. The number of hydrogen-bond donors (Lipinski definition) is 2. The number of carboxylic acid groups (broad SMARTS) is 1. The molecule has 1 atom stereocenters. The van der Waals surface area contributed by atoms with Crippen LogP contribution in [0, 0.1) is 5.41 Å². The van der Waals surface area contributed by atoms with Gasteiger partial charge in [0, 0.05) is 12.0 Å². The molecule has 12 heavy (non-hydrogen) atoms. The van der Waals surface area contributed by atoms with E-state index in [0.29, 0.717) is 0 Å². The van der Waals surface area contributed by atoms with Crippen molar-refractivity contribution < 1.29 is 9.90 Å². The van der Waals surface area contributed by atoms with Gasteiger partial charge in [-0.15, -0.1) is 12.4 Å². The number of carbonyl (C=O) groups is 1. The molecule has 0 amide bonds. The highest BCUT2D eigenvalue weighted by Crippen LogP contribution is 2.45. The van der Waals surface area contributed by atoms with E-state index < -0.39 is 5.97 Å². The van der Waals surface area contributed by atoms with Crippen LogP contribution in [0.5, 0.6) is 0 Å². The van der Waals surface area contributed by atoms with Crippen LogP contribution in [-0.2, 0) is 4.79 Å². The van der Waals surface area contributed by atoms with Crippen LogP contribution in [0.4, 0.5) is 0 Å². The van der Waals surface area contributed by atoms with Crippen LogP contribution in [0.3, 0.4) is 0 Å². The van der Waals surface area contributed by atoms with Crippen molar-refractivity contribution in [2.24, 2.45) is 5.41 Å². The highest BCUT2D eigenvalue weighted by Gasteiger charge is 2.51. The number of aliphatic carboxylic acids is 1. The third-order valence-electron chi connectivity index (χ3n) is 3.12. The molecule has 2 rings (SSSR count). The Morgan fingerprint density at radius 1 is 1.42 bits per heavy atom. The van der Waals surface area contributed by atoms with Gasteiger partial charge in [-0.05, 0) is 12.8 Å². The quantitative estimate of drug-likeness (QED) is 0.651. The number of nitrogens with one attached hydrogen (secondary N) is 1. The molecule has 0 radical (unpaired) electrons. The van der Waals surface area contributed by atoms with E-state index in [4.69, 9.17) is 5.11 Å². The average molecular weight is 192 g/mol. The summed E-state index contributed by atoms with van der Waals surface area (Å²) in [4.78, 5) is 10.7. The predicted octanol–water partition coefficient (Wildman–Crippen LogP) is 1.03. The maximum absolute atomic E-state index is 10.7. The first-order chi connectivity index (χ1) is 5.25. The van der Waals surface area contributed by atoms with Crippen LogP contribution >= 0.6 is 12.4 Å². The summed E-state index contributed by atoms with van der Waals surface area (Å²) in [6.07, 6.45) is 4.64. The Labute approximate surface area is 77.9 Å². The zero-order chi connectivity index (χ0) is 7.90. The molecule has 2 fully saturated rings. The normalized spacial score (nSPS) is 30.8. The lowest BCUT2D eigenvalue weighted by molar-refractivity contribution is -0.147. The third-order valence-corrected chi connectivity index (χ3v) is 3.12. The van der Waals surface area contributed by atoms with Gasteiger partial charge >= 0.3 is 5.97 Å². The minimum absolute atomic E-state index is 0. The van der Waals surface area contributed by atoms with Gasteiger partial charge in [-0.25, -0.2) is 0 Å². The molecule has 1 spiro atoms. The maximum atomic E-state index is 10.7. The summed E-state index contributed by atoms with van der Waals surface area (Å²) < 4.78 is 0. The van der Waals surface area contributed by atoms with Crippen LogP contribution in [0.15, 0.2) is 0 Å². The monoisotopic (exact) mass is 191 g/mol. The summed E-state index contributed by atoms with van der Waals surface area (Å²) in [6, 6.07) is -0.245. The van der Waals surface area contributed by atoms with Crippen LogP contribution in [0.1, 0.15) is 25.7 Å². The minimum atomic E-state index is -0.668. The van der Waals surface area contributed by atoms with Crippen LogP contribution in [0.2, 0.25) is 0 Å². The molecular weight excluding hydrogens is 178 g/mol. The maximum Gasteiger partial charge on any atom is 0.321 e. The summed E-state index contributed by atoms with van der Waals surface area (Å²) >= 11 is 0. The Morgan fingerprint density at radius 2 is 2.00 bits per heavy atom. The third kappa shape index (κ3) is 1.21. The molecule has 70 valence electrons. The average Bonchev–Trinajstić information content (AvgIpc) is 2.31. The van der Waals surface area contributed by atoms with E-state index in [2.05, 4.69) is 5.32 Å². The van der Waals surface area contributed by atoms with Crippen LogP contribution in [0.25, 0.3) is 0 Å². The second-order valence-electron chi connectivity index (χ2n) is 3.72. The summed E-state index contributed by atoms with van der Waals surface area (Å²) in [6.45, 7) is 0.921. The topological polar surface area (TPSA) is 49.3 Å². The number of rotatable bonds is 1. The molecule has 0 aromatic heterocycles.